The predicted molar refractivity (Wildman–Crippen MR) is 311 cm³/mol. The van der Waals surface area contributed by atoms with E-state index in [1.807, 2.05) is 0 Å². The SMILES string of the molecule is Cc1c(C)c(C)c2c(c1C)c1c(N(c3ccccc3)c3ccc(C(C)C)cc3)ccc3c4cc5c(cc4n2c31)c1ccc(N(c2ccccc2)c2ccc(C(C)C)cc2)c2c3c(C)c(C)c(C)c(C)c3n5c12. The molecule has 4 nitrogen and oxygen atoms in total. The van der Waals surface area contributed by atoms with E-state index in [2.05, 4.69) is 247 Å². The Morgan fingerprint density at radius 2 is 0.639 bits per heavy atom. The zero-order valence-corrected chi connectivity index (χ0v) is 43.8. The molecule has 0 aliphatic carbocycles. The normalized spacial score (nSPS) is 12.4. The molecule has 4 heterocycles. The number of anilines is 6. The summed E-state index contributed by atoms with van der Waals surface area (Å²) in [5, 5.41) is 10.4. The molecule has 0 aliphatic rings. The van der Waals surface area contributed by atoms with Gasteiger partial charge in [0.25, 0.3) is 0 Å². The number of fused-ring (bicyclic) bond motifs is 12. The van der Waals surface area contributed by atoms with Crippen LogP contribution in [0.25, 0.3) is 76.2 Å². The van der Waals surface area contributed by atoms with E-state index in [-0.39, 0.29) is 0 Å². The molecule has 9 aromatic carbocycles. The first-order valence-electron chi connectivity index (χ1n) is 26.0. The third kappa shape index (κ3) is 5.93. The van der Waals surface area contributed by atoms with Crippen molar-refractivity contribution in [3.63, 3.8) is 0 Å². The van der Waals surface area contributed by atoms with Crippen molar-refractivity contribution in [2.45, 2.75) is 94.9 Å². The second-order valence-corrected chi connectivity index (χ2v) is 21.6. The number of aromatic nitrogens is 2. The Labute approximate surface area is 423 Å². The van der Waals surface area contributed by atoms with Crippen LogP contribution in [0.2, 0.25) is 0 Å². The maximum absolute atomic E-state index is 2.65. The molecular formula is C68H62N4. The van der Waals surface area contributed by atoms with E-state index in [0.717, 1.165) is 22.7 Å². The van der Waals surface area contributed by atoms with Crippen LogP contribution >= 0.6 is 0 Å². The van der Waals surface area contributed by atoms with Gasteiger partial charge in [0, 0.05) is 65.8 Å². The summed E-state index contributed by atoms with van der Waals surface area (Å²) in [6.45, 7) is 27.7. The van der Waals surface area contributed by atoms with Crippen molar-refractivity contribution in [3.8, 4) is 0 Å². The average Bonchev–Trinajstić information content (AvgIpc) is 4.13. The molecule has 4 heteroatoms. The van der Waals surface area contributed by atoms with Crippen molar-refractivity contribution < 1.29 is 0 Å². The molecule has 354 valence electrons. The van der Waals surface area contributed by atoms with Gasteiger partial charge in [-0.1, -0.05) is 100 Å². The van der Waals surface area contributed by atoms with Crippen LogP contribution in [0.5, 0.6) is 0 Å². The summed E-state index contributed by atoms with van der Waals surface area (Å²) in [4.78, 5) is 4.98. The van der Waals surface area contributed by atoms with Gasteiger partial charge in [-0.2, -0.15) is 0 Å². The minimum atomic E-state index is 0.450. The van der Waals surface area contributed by atoms with Crippen LogP contribution < -0.4 is 9.80 Å². The number of hydrogen-bond acceptors (Lipinski definition) is 2. The third-order valence-electron chi connectivity index (χ3n) is 17.3. The zero-order chi connectivity index (χ0) is 49.8. The molecule has 0 atom stereocenters. The number of nitrogens with zero attached hydrogens (tertiary/aromatic N) is 4. The molecule has 13 aromatic rings. The molecule has 13 rings (SSSR count). The van der Waals surface area contributed by atoms with Gasteiger partial charge in [-0.05, 0) is 196 Å². The summed E-state index contributed by atoms with van der Waals surface area (Å²) in [6.07, 6.45) is 0. The van der Waals surface area contributed by atoms with Crippen molar-refractivity contribution in [1.29, 1.82) is 0 Å². The van der Waals surface area contributed by atoms with Gasteiger partial charge in [0.2, 0.25) is 0 Å². The molecule has 0 amide bonds. The van der Waals surface area contributed by atoms with Gasteiger partial charge in [0.15, 0.2) is 0 Å². The van der Waals surface area contributed by atoms with Gasteiger partial charge in [0.05, 0.1) is 44.5 Å². The van der Waals surface area contributed by atoms with Crippen LogP contribution in [0.4, 0.5) is 34.1 Å². The minimum Gasteiger partial charge on any atom is -0.310 e. The van der Waals surface area contributed by atoms with E-state index in [9.17, 15) is 0 Å². The van der Waals surface area contributed by atoms with Gasteiger partial charge < -0.3 is 18.6 Å². The minimum absolute atomic E-state index is 0.450. The highest BCUT2D eigenvalue weighted by atomic mass is 15.2. The quantitative estimate of drug-likeness (QED) is 0.151. The molecule has 0 unspecified atom stereocenters. The standard InChI is InChI=1S/C68H62N4/c1-37(2)47-23-27-51(28-24-47)69(49-19-15-13-16-20-49)57-33-31-53-55-35-60-56(36-59(55)71-65-45(11)41(7)39(5)43(9)61(65)63(57)67(53)71)54-32-34-58(64-62-44(10)40(6)42(8)46(12)66(62)72(60)68(54)64)70(50-21-17-14-18-22-50)52-29-25-48(26-30-52)38(3)4/h13-38H,1-12H3. The fraction of sp³-hybridized carbons (Fsp3) is 0.206. The van der Waals surface area contributed by atoms with Crippen LogP contribution in [-0.4, -0.2) is 8.80 Å². The Morgan fingerprint density at radius 3 is 0.986 bits per heavy atom. The van der Waals surface area contributed by atoms with E-state index in [1.54, 1.807) is 0 Å². The Kier molecular flexibility index (Phi) is 9.71. The molecule has 0 saturated heterocycles. The lowest BCUT2D eigenvalue weighted by Crippen LogP contribution is -2.10. The second-order valence-electron chi connectivity index (χ2n) is 21.6. The van der Waals surface area contributed by atoms with Crippen LogP contribution in [0.1, 0.15) is 95.2 Å². The topological polar surface area (TPSA) is 15.3 Å². The first kappa shape index (κ1) is 44.1. The maximum Gasteiger partial charge on any atom is 0.0641 e. The lowest BCUT2D eigenvalue weighted by atomic mass is 9.92. The summed E-state index contributed by atoms with van der Waals surface area (Å²) in [5.41, 5.74) is 28.2. The Morgan fingerprint density at radius 1 is 0.306 bits per heavy atom. The fourth-order valence-electron chi connectivity index (χ4n) is 12.8. The number of benzene rings is 9. The predicted octanol–water partition coefficient (Wildman–Crippen LogP) is 19.6. The van der Waals surface area contributed by atoms with Gasteiger partial charge in [-0.25, -0.2) is 0 Å². The number of aryl methyl sites for hydroxylation is 4. The lowest BCUT2D eigenvalue weighted by Gasteiger charge is -2.27. The Balaban J connectivity index is 1.17. The Hall–Kier alpha value is -7.82. The molecule has 0 aliphatic heterocycles. The van der Waals surface area contributed by atoms with Crippen molar-refractivity contribution in [2.75, 3.05) is 9.80 Å². The third-order valence-corrected chi connectivity index (χ3v) is 17.3. The summed E-state index contributed by atoms with van der Waals surface area (Å²) in [7, 11) is 0. The van der Waals surface area contributed by atoms with E-state index >= 15 is 0 Å². The van der Waals surface area contributed by atoms with Gasteiger partial charge in [-0.15, -0.1) is 0 Å². The first-order chi connectivity index (χ1) is 34.8. The highest BCUT2D eigenvalue weighted by molar-refractivity contribution is 6.33. The van der Waals surface area contributed by atoms with Gasteiger partial charge in [0.1, 0.15) is 0 Å². The highest BCUT2D eigenvalue weighted by Gasteiger charge is 2.31. The van der Waals surface area contributed by atoms with E-state index in [1.165, 1.54) is 143 Å². The maximum atomic E-state index is 2.65. The Bertz CT molecular complexity index is 4040. The molecule has 0 N–H and O–H groups in total. The van der Waals surface area contributed by atoms with Crippen molar-refractivity contribution >= 4 is 110 Å². The first-order valence-corrected chi connectivity index (χ1v) is 26.0. The molecule has 4 aromatic heterocycles. The monoisotopic (exact) mass is 934 g/mol. The molecule has 0 fully saturated rings. The smallest absolute Gasteiger partial charge is 0.0641 e. The molecule has 0 bridgehead atoms. The summed E-state index contributed by atoms with van der Waals surface area (Å²) in [5.74, 6) is 0.901. The van der Waals surface area contributed by atoms with Crippen LogP contribution in [0.15, 0.2) is 146 Å². The van der Waals surface area contributed by atoms with Crippen molar-refractivity contribution in [2.24, 2.45) is 0 Å². The number of rotatable bonds is 8. The summed E-state index contributed by atoms with van der Waals surface area (Å²) in [6, 6.07) is 55.1. The van der Waals surface area contributed by atoms with Crippen LogP contribution in [-0.2, 0) is 0 Å². The largest absolute Gasteiger partial charge is 0.310 e. The number of hydrogen-bond donors (Lipinski definition) is 0. The van der Waals surface area contributed by atoms with Crippen LogP contribution in [0, 0.1) is 55.4 Å². The number of para-hydroxylation sites is 2. The van der Waals surface area contributed by atoms with E-state index < -0.39 is 0 Å². The average molecular weight is 935 g/mol. The second kappa shape index (κ2) is 15.8. The molecular weight excluding hydrogens is 873 g/mol. The van der Waals surface area contributed by atoms with Crippen molar-refractivity contribution in [3.05, 3.63) is 201 Å². The molecule has 0 radical (unpaired) electrons. The summed E-state index contributed by atoms with van der Waals surface area (Å²) < 4.78 is 5.30. The van der Waals surface area contributed by atoms with Crippen molar-refractivity contribution in [1.82, 2.24) is 8.80 Å². The summed E-state index contributed by atoms with van der Waals surface area (Å²) >= 11 is 0. The van der Waals surface area contributed by atoms with Gasteiger partial charge >= 0.3 is 0 Å². The molecule has 72 heavy (non-hydrogen) atoms. The van der Waals surface area contributed by atoms with E-state index in [0.29, 0.717) is 11.8 Å². The van der Waals surface area contributed by atoms with E-state index in [4.69, 9.17) is 0 Å². The lowest BCUT2D eigenvalue weighted by molar-refractivity contribution is 0.866. The molecule has 0 spiro atoms. The molecule has 0 saturated carbocycles. The van der Waals surface area contributed by atoms with Gasteiger partial charge in [-0.3, -0.25) is 0 Å². The highest BCUT2D eigenvalue weighted by Crippen LogP contribution is 2.53. The zero-order valence-electron chi connectivity index (χ0n) is 43.8. The fourth-order valence-corrected chi connectivity index (χ4v) is 12.8. The van der Waals surface area contributed by atoms with Crippen LogP contribution in [0.3, 0.4) is 0 Å².